The average Bonchev–Trinajstić information content (AvgIpc) is 3.30. The second kappa shape index (κ2) is 6.85. The number of furan rings is 1. The van der Waals surface area contributed by atoms with Gasteiger partial charge in [0.1, 0.15) is 18.7 Å². The Kier molecular flexibility index (Phi) is 4.25. The zero-order valence-electron chi connectivity index (χ0n) is 14.2. The van der Waals surface area contributed by atoms with Crippen LogP contribution in [0.25, 0.3) is 16.7 Å². The molecule has 0 spiro atoms. The van der Waals surface area contributed by atoms with E-state index < -0.39 is 0 Å². The van der Waals surface area contributed by atoms with Crippen molar-refractivity contribution in [2.75, 3.05) is 12.4 Å². The molecule has 0 saturated heterocycles. The molecular formula is C20H17N3O3. The van der Waals surface area contributed by atoms with Crippen molar-refractivity contribution in [1.82, 2.24) is 9.55 Å². The number of carbonyl (C=O) groups is 1. The van der Waals surface area contributed by atoms with Crippen LogP contribution in [0.3, 0.4) is 0 Å². The SMILES string of the molecule is COCc1ccc(C(=O)Nc2ccc(-n3cnc4ccccc43)cc2)o1. The molecule has 6 nitrogen and oxygen atoms in total. The fraction of sp³-hybridized carbons (Fsp3) is 0.100. The van der Waals surface area contributed by atoms with Gasteiger partial charge in [-0.05, 0) is 48.5 Å². The van der Waals surface area contributed by atoms with Crippen molar-refractivity contribution >= 4 is 22.6 Å². The number of fused-ring (bicyclic) bond motifs is 1. The number of nitrogens with one attached hydrogen (secondary N) is 1. The summed E-state index contributed by atoms with van der Waals surface area (Å²) in [6.07, 6.45) is 1.79. The van der Waals surface area contributed by atoms with Crippen molar-refractivity contribution in [2.24, 2.45) is 0 Å². The Morgan fingerprint density at radius 3 is 2.73 bits per heavy atom. The molecule has 2 heterocycles. The lowest BCUT2D eigenvalue weighted by Gasteiger charge is -2.07. The first-order chi connectivity index (χ1) is 12.7. The van der Waals surface area contributed by atoms with E-state index in [2.05, 4.69) is 10.3 Å². The van der Waals surface area contributed by atoms with Gasteiger partial charge in [0.05, 0.1) is 11.0 Å². The van der Waals surface area contributed by atoms with Gasteiger partial charge in [0.15, 0.2) is 5.76 Å². The number of hydrogen-bond donors (Lipinski definition) is 1. The van der Waals surface area contributed by atoms with Crippen molar-refractivity contribution in [3.05, 3.63) is 78.5 Å². The van der Waals surface area contributed by atoms with Crippen LogP contribution >= 0.6 is 0 Å². The highest BCUT2D eigenvalue weighted by atomic mass is 16.5. The molecule has 26 heavy (non-hydrogen) atoms. The van der Waals surface area contributed by atoms with Gasteiger partial charge in [-0.15, -0.1) is 0 Å². The Morgan fingerprint density at radius 1 is 1.12 bits per heavy atom. The Bertz CT molecular complexity index is 1050. The third kappa shape index (κ3) is 3.10. The molecule has 0 fully saturated rings. The molecule has 4 rings (SSSR count). The maximum absolute atomic E-state index is 12.3. The summed E-state index contributed by atoms with van der Waals surface area (Å²) in [4.78, 5) is 16.7. The topological polar surface area (TPSA) is 69.3 Å². The summed E-state index contributed by atoms with van der Waals surface area (Å²) in [6.45, 7) is 0.334. The lowest BCUT2D eigenvalue weighted by Crippen LogP contribution is -2.10. The predicted molar refractivity (Wildman–Crippen MR) is 98.4 cm³/mol. The van der Waals surface area contributed by atoms with Gasteiger partial charge in [0.2, 0.25) is 0 Å². The molecule has 0 saturated carbocycles. The lowest BCUT2D eigenvalue weighted by atomic mass is 10.2. The molecule has 0 radical (unpaired) electrons. The molecule has 0 atom stereocenters. The summed E-state index contributed by atoms with van der Waals surface area (Å²) in [7, 11) is 1.58. The fourth-order valence-electron chi connectivity index (χ4n) is 2.78. The summed E-state index contributed by atoms with van der Waals surface area (Å²) in [6, 6.07) is 18.9. The van der Waals surface area contributed by atoms with E-state index in [1.54, 1.807) is 25.6 Å². The minimum absolute atomic E-state index is 0.252. The molecule has 0 aliphatic rings. The summed E-state index contributed by atoms with van der Waals surface area (Å²) >= 11 is 0. The molecule has 1 N–H and O–H groups in total. The van der Waals surface area contributed by atoms with Crippen LogP contribution in [0.5, 0.6) is 0 Å². The number of aromatic nitrogens is 2. The molecule has 1 amide bonds. The van der Waals surface area contributed by atoms with E-state index in [1.165, 1.54) is 0 Å². The van der Waals surface area contributed by atoms with E-state index in [-0.39, 0.29) is 11.7 Å². The Hall–Kier alpha value is -3.38. The number of methoxy groups -OCH3 is 1. The van der Waals surface area contributed by atoms with E-state index in [9.17, 15) is 4.79 Å². The fourth-order valence-corrected chi connectivity index (χ4v) is 2.78. The van der Waals surface area contributed by atoms with Gasteiger partial charge in [0.25, 0.3) is 5.91 Å². The molecule has 0 aliphatic heterocycles. The van der Waals surface area contributed by atoms with Crippen molar-refractivity contribution < 1.29 is 13.9 Å². The van der Waals surface area contributed by atoms with Crippen LogP contribution in [0, 0.1) is 0 Å². The predicted octanol–water partition coefficient (Wildman–Crippen LogP) is 4.02. The van der Waals surface area contributed by atoms with Crippen LogP contribution in [0.4, 0.5) is 5.69 Å². The van der Waals surface area contributed by atoms with E-state index in [0.29, 0.717) is 18.1 Å². The summed E-state index contributed by atoms with van der Waals surface area (Å²) in [5, 5.41) is 2.82. The monoisotopic (exact) mass is 347 g/mol. The molecule has 0 bridgehead atoms. The Balaban J connectivity index is 1.51. The molecule has 0 aliphatic carbocycles. The third-order valence-electron chi connectivity index (χ3n) is 4.03. The van der Waals surface area contributed by atoms with E-state index in [4.69, 9.17) is 9.15 Å². The van der Waals surface area contributed by atoms with Crippen molar-refractivity contribution in [2.45, 2.75) is 6.61 Å². The number of para-hydroxylation sites is 2. The molecule has 2 aromatic carbocycles. The standard InChI is InChI=1S/C20H17N3O3/c1-25-12-16-10-11-19(26-16)20(24)22-14-6-8-15(9-7-14)23-13-21-17-4-2-3-5-18(17)23/h2-11,13H,12H2,1H3,(H,22,24). The zero-order chi connectivity index (χ0) is 17.9. The first-order valence-corrected chi connectivity index (χ1v) is 8.16. The van der Waals surface area contributed by atoms with E-state index >= 15 is 0 Å². The number of hydrogen-bond acceptors (Lipinski definition) is 4. The van der Waals surface area contributed by atoms with Gasteiger partial charge in [-0.2, -0.15) is 0 Å². The molecule has 0 unspecified atom stereocenters. The molecule has 4 aromatic rings. The van der Waals surface area contributed by atoms with Crippen LogP contribution in [-0.4, -0.2) is 22.6 Å². The normalized spacial score (nSPS) is 11.0. The maximum atomic E-state index is 12.3. The van der Waals surface area contributed by atoms with Crippen LogP contribution in [0.2, 0.25) is 0 Å². The van der Waals surface area contributed by atoms with E-state index in [1.807, 2.05) is 53.1 Å². The van der Waals surface area contributed by atoms with Gasteiger partial charge >= 0.3 is 0 Å². The van der Waals surface area contributed by atoms with Crippen LogP contribution in [0.1, 0.15) is 16.3 Å². The number of nitrogens with zero attached hydrogens (tertiary/aromatic N) is 2. The number of amides is 1. The maximum Gasteiger partial charge on any atom is 0.291 e. The second-order valence-electron chi connectivity index (χ2n) is 5.80. The Labute approximate surface area is 150 Å². The average molecular weight is 347 g/mol. The molecular weight excluding hydrogens is 330 g/mol. The number of carbonyl (C=O) groups excluding carboxylic acids is 1. The molecule has 6 heteroatoms. The largest absolute Gasteiger partial charge is 0.453 e. The minimum Gasteiger partial charge on any atom is -0.453 e. The van der Waals surface area contributed by atoms with Gasteiger partial charge in [-0.1, -0.05) is 12.1 Å². The van der Waals surface area contributed by atoms with Gasteiger partial charge in [0, 0.05) is 18.5 Å². The molecule has 2 aromatic heterocycles. The summed E-state index contributed by atoms with van der Waals surface area (Å²) < 4.78 is 12.4. The first kappa shape index (κ1) is 16.1. The second-order valence-corrected chi connectivity index (χ2v) is 5.80. The summed E-state index contributed by atoms with van der Waals surface area (Å²) in [5.41, 5.74) is 3.63. The van der Waals surface area contributed by atoms with Gasteiger partial charge in [-0.25, -0.2) is 4.98 Å². The number of imidazole rings is 1. The lowest BCUT2D eigenvalue weighted by molar-refractivity contribution is 0.0987. The summed E-state index contributed by atoms with van der Waals surface area (Å²) in [5.74, 6) is 0.565. The highest BCUT2D eigenvalue weighted by Gasteiger charge is 2.12. The van der Waals surface area contributed by atoms with Crippen LogP contribution < -0.4 is 5.32 Å². The number of anilines is 1. The highest BCUT2D eigenvalue weighted by Crippen LogP contribution is 2.20. The van der Waals surface area contributed by atoms with Crippen molar-refractivity contribution in [1.29, 1.82) is 0 Å². The van der Waals surface area contributed by atoms with Gasteiger partial charge in [-0.3, -0.25) is 9.36 Å². The number of ether oxygens (including phenoxy) is 1. The number of benzene rings is 2. The zero-order valence-corrected chi connectivity index (χ0v) is 14.2. The Morgan fingerprint density at radius 2 is 1.92 bits per heavy atom. The number of rotatable bonds is 5. The minimum atomic E-state index is -0.298. The smallest absolute Gasteiger partial charge is 0.291 e. The van der Waals surface area contributed by atoms with Crippen molar-refractivity contribution in [3.63, 3.8) is 0 Å². The quantitative estimate of drug-likeness (QED) is 0.592. The highest BCUT2D eigenvalue weighted by molar-refractivity contribution is 6.02. The van der Waals surface area contributed by atoms with Crippen molar-refractivity contribution in [3.8, 4) is 5.69 Å². The first-order valence-electron chi connectivity index (χ1n) is 8.16. The molecule has 130 valence electrons. The third-order valence-corrected chi connectivity index (χ3v) is 4.03. The van der Waals surface area contributed by atoms with Crippen LogP contribution in [0.15, 0.2) is 71.4 Å². The van der Waals surface area contributed by atoms with E-state index in [0.717, 1.165) is 16.7 Å². The van der Waals surface area contributed by atoms with Gasteiger partial charge < -0.3 is 14.5 Å². The van der Waals surface area contributed by atoms with Crippen LogP contribution in [-0.2, 0) is 11.3 Å².